The van der Waals surface area contributed by atoms with Gasteiger partial charge in [-0.05, 0) is 19.1 Å². The minimum atomic E-state index is -3.12. The lowest BCUT2D eigenvalue weighted by molar-refractivity contribution is 0.241. The largest absolute Gasteiger partial charge is 0.354 e. The fourth-order valence-corrected chi connectivity index (χ4v) is 3.30. The highest BCUT2D eigenvalue weighted by atomic mass is 32.2. The van der Waals surface area contributed by atoms with Crippen molar-refractivity contribution in [1.29, 1.82) is 0 Å². The Bertz CT molecular complexity index is 512. The second-order valence-electron chi connectivity index (χ2n) is 5.27. The Balaban J connectivity index is 1.80. The summed E-state index contributed by atoms with van der Waals surface area (Å²) < 4.78 is 25.0. The predicted octanol–water partition coefficient (Wildman–Crippen LogP) is 0.141. The number of rotatable bonds is 5. The van der Waals surface area contributed by atoms with Crippen LogP contribution < -0.4 is 9.62 Å². The monoisotopic (exact) mass is 298 g/mol. The topological polar surface area (TPSA) is 65.5 Å². The summed E-state index contributed by atoms with van der Waals surface area (Å²) in [6, 6.07) is 5.86. The van der Waals surface area contributed by atoms with Crippen molar-refractivity contribution in [1.82, 2.24) is 14.6 Å². The van der Waals surface area contributed by atoms with Crippen LogP contribution >= 0.6 is 0 Å². The number of aromatic nitrogens is 1. The Morgan fingerprint density at radius 1 is 1.30 bits per heavy atom. The van der Waals surface area contributed by atoms with Crippen LogP contribution in [0.3, 0.4) is 0 Å². The Labute approximate surface area is 120 Å². The van der Waals surface area contributed by atoms with Crippen molar-refractivity contribution in [2.24, 2.45) is 0 Å². The highest BCUT2D eigenvalue weighted by molar-refractivity contribution is 7.88. The Kier molecular flexibility index (Phi) is 4.95. The van der Waals surface area contributed by atoms with E-state index in [4.69, 9.17) is 0 Å². The number of hydrogen-bond donors (Lipinski definition) is 1. The van der Waals surface area contributed by atoms with Crippen LogP contribution in [0.2, 0.25) is 0 Å². The molecule has 7 heteroatoms. The molecule has 6 nitrogen and oxygen atoms in total. The number of pyridine rings is 1. The van der Waals surface area contributed by atoms with Crippen LogP contribution in [-0.4, -0.2) is 63.3 Å². The first-order chi connectivity index (χ1) is 9.44. The quantitative estimate of drug-likeness (QED) is 0.838. The van der Waals surface area contributed by atoms with Gasteiger partial charge < -0.3 is 4.90 Å². The molecule has 1 saturated heterocycles. The summed E-state index contributed by atoms with van der Waals surface area (Å²) in [5.41, 5.74) is 0. The van der Waals surface area contributed by atoms with Gasteiger partial charge in [-0.3, -0.25) is 4.90 Å². The van der Waals surface area contributed by atoms with E-state index in [1.807, 2.05) is 25.1 Å². The predicted molar refractivity (Wildman–Crippen MR) is 80.3 cm³/mol. The smallest absolute Gasteiger partial charge is 0.208 e. The van der Waals surface area contributed by atoms with E-state index in [2.05, 4.69) is 19.5 Å². The molecule has 1 aromatic rings. The van der Waals surface area contributed by atoms with E-state index < -0.39 is 10.0 Å². The fourth-order valence-electron chi connectivity index (χ4n) is 2.49. The maximum atomic E-state index is 11.2. The zero-order chi connectivity index (χ0) is 14.6. The maximum absolute atomic E-state index is 11.2. The van der Waals surface area contributed by atoms with Gasteiger partial charge in [-0.15, -0.1) is 0 Å². The molecule has 1 aromatic heterocycles. The second kappa shape index (κ2) is 6.51. The Morgan fingerprint density at radius 3 is 2.55 bits per heavy atom. The molecule has 112 valence electrons. The fraction of sp³-hybridized carbons (Fsp3) is 0.615. The third kappa shape index (κ3) is 4.73. The molecular weight excluding hydrogens is 276 g/mol. The van der Waals surface area contributed by atoms with Crippen molar-refractivity contribution in [3.8, 4) is 0 Å². The molecule has 0 aromatic carbocycles. The summed E-state index contributed by atoms with van der Waals surface area (Å²) in [5.74, 6) is 1.01. The molecular formula is C13H22N4O2S. The number of nitrogens with one attached hydrogen (secondary N) is 1. The van der Waals surface area contributed by atoms with Crippen molar-refractivity contribution >= 4 is 15.8 Å². The highest BCUT2D eigenvalue weighted by Crippen LogP contribution is 2.12. The molecule has 1 N–H and O–H groups in total. The first kappa shape index (κ1) is 15.2. The molecule has 0 unspecified atom stereocenters. The van der Waals surface area contributed by atoms with Crippen LogP contribution in [0.1, 0.15) is 6.92 Å². The third-order valence-corrected chi connectivity index (χ3v) is 4.12. The van der Waals surface area contributed by atoms with Crippen molar-refractivity contribution in [2.75, 3.05) is 43.9 Å². The van der Waals surface area contributed by atoms with Gasteiger partial charge in [0.1, 0.15) is 5.82 Å². The molecule has 0 radical (unpaired) electrons. The second-order valence-corrected chi connectivity index (χ2v) is 7.05. The number of sulfonamides is 1. The standard InChI is InChI=1S/C13H22N4O2S/c1-12(15-20(2,18)19)11-16-7-9-17(10-8-16)13-5-3-4-6-14-13/h3-6,12,15H,7-11H2,1-2H3/t12-/m1/s1. The van der Waals surface area contributed by atoms with Gasteiger partial charge >= 0.3 is 0 Å². The molecule has 1 aliphatic rings. The number of anilines is 1. The van der Waals surface area contributed by atoms with Crippen LogP contribution in [-0.2, 0) is 10.0 Å². The summed E-state index contributed by atoms with van der Waals surface area (Å²) in [4.78, 5) is 8.89. The molecule has 1 fully saturated rings. The zero-order valence-corrected chi connectivity index (χ0v) is 12.8. The Morgan fingerprint density at radius 2 is 2.00 bits per heavy atom. The highest BCUT2D eigenvalue weighted by Gasteiger charge is 2.20. The molecule has 1 atom stereocenters. The van der Waals surface area contributed by atoms with E-state index in [1.165, 1.54) is 6.26 Å². The first-order valence-corrected chi connectivity index (χ1v) is 8.69. The molecule has 20 heavy (non-hydrogen) atoms. The molecule has 0 amide bonds. The van der Waals surface area contributed by atoms with Crippen LogP contribution in [0, 0.1) is 0 Å². The van der Waals surface area contributed by atoms with E-state index in [9.17, 15) is 8.42 Å². The molecule has 2 rings (SSSR count). The molecule has 1 aliphatic heterocycles. The van der Waals surface area contributed by atoms with Gasteiger partial charge in [0, 0.05) is 45.0 Å². The van der Waals surface area contributed by atoms with E-state index in [1.54, 1.807) is 6.20 Å². The molecule has 0 spiro atoms. The average molecular weight is 298 g/mol. The number of nitrogens with zero attached hydrogens (tertiary/aromatic N) is 3. The van der Waals surface area contributed by atoms with Crippen LogP contribution in [0.15, 0.2) is 24.4 Å². The van der Waals surface area contributed by atoms with Gasteiger partial charge in [-0.2, -0.15) is 0 Å². The molecule has 0 aliphatic carbocycles. The lowest BCUT2D eigenvalue weighted by atomic mass is 10.2. The van der Waals surface area contributed by atoms with E-state index in [0.717, 1.165) is 38.5 Å². The minimum absolute atomic E-state index is 0.0635. The van der Waals surface area contributed by atoms with Crippen molar-refractivity contribution in [3.63, 3.8) is 0 Å². The zero-order valence-electron chi connectivity index (χ0n) is 12.0. The van der Waals surface area contributed by atoms with Gasteiger partial charge in [0.15, 0.2) is 0 Å². The molecule has 0 saturated carbocycles. The number of piperazine rings is 1. The number of hydrogen-bond acceptors (Lipinski definition) is 5. The van der Waals surface area contributed by atoms with Crippen molar-refractivity contribution < 1.29 is 8.42 Å². The van der Waals surface area contributed by atoms with Crippen LogP contribution in [0.5, 0.6) is 0 Å². The van der Waals surface area contributed by atoms with Gasteiger partial charge in [0.2, 0.25) is 10.0 Å². The van der Waals surface area contributed by atoms with Gasteiger partial charge in [-0.25, -0.2) is 18.1 Å². The van der Waals surface area contributed by atoms with Gasteiger partial charge in [-0.1, -0.05) is 6.07 Å². The third-order valence-electron chi connectivity index (χ3n) is 3.29. The summed E-state index contributed by atoms with van der Waals surface area (Å²) in [7, 11) is -3.12. The normalized spacial score (nSPS) is 19.0. The lowest BCUT2D eigenvalue weighted by Crippen LogP contribution is -2.50. The van der Waals surface area contributed by atoms with Crippen molar-refractivity contribution in [2.45, 2.75) is 13.0 Å². The summed E-state index contributed by atoms with van der Waals surface area (Å²) >= 11 is 0. The van der Waals surface area contributed by atoms with E-state index in [-0.39, 0.29) is 6.04 Å². The van der Waals surface area contributed by atoms with Gasteiger partial charge in [0.25, 0.3) is 0 Å². The SMILES string of the molecule is C[C@H](CN1CCN(c2ccccn2)CC1)NS(C)(=O)=O. The maximum Gasteiger partial charge on any atom is 0.208 e. The van der Waals surface area contributed by atoms with Gasteiger partial charge in [0.05, 0.1) is 6.26 Å². The summed E-state index contributed by atoms with van der Waals surface area (Å²) in [6.07, 6.45) is 3.00. The first-order valence-electron chi connectivity index (χ1n) is 6.80. The van der Waals surface area contributed by atoms with E-state index in [0.29, 0.717) is 0 Å². The minimum Gasteiger partial charge on any atom is -0.354 e. The average Bonchev–Trinajstić information content (AvgIpc) is 2.38. The lowest BCUT2D eigenvalue weighted by Gasteiger charge is -2.36. The summed E-state index contributed by atoms with van der Waals surface area (Å²) in [6.45, 7) is 6.32. The van der Waals surface area contributed by atoms with E-state index >= 15 is 0 Å². The van der Waals surface area contributed by atoms with Crippen LogP contribution in [0.25, 0.3) is 0 Å². The Hall–Kier alpha value is -1.18. The van der Waals surface area contributed by atoms with Crippen LogP contribution in [0.4, 0.5) is 5.82 Å². The molecule has 0 bridgehead atoms. The summed E-state index contributed by atoms with van der Waals surface area (Å²) in [5, 5.41) is 0. The van der Waals surface area contributed by atoms with Crippen molar-refractivity contribution in [3.05, 3.63) is 24.4 Å². The molecule has 2 heterocycles.